The SMILES string of the molecule is CCC(C)C(N)C(=O)NCC1(N2CCOCC2)CCCCC1.Cl. The van der Waals surface area contributed by atoms with E-state index in [0.29, 0.717) is 0 Å². The average molecular weight is 348 g/mol. The van der Waals surface area contributed by atoms with Gasteiger partial charge in [0, 0.05) is 25.2 Å². The number of hydrogen-bond acceptors (Lipinski definition) is 4. The van der Waals surface area contributed by atoms with Crippen LogP contribution in [0.3, 0.4) is 0 Å². The Balaban J connectivity index is 0.00000264. The molecule has 2 fully saturated rings. The highest BCUT2D eigenvalue weighted by Crippen LogP contribution is 2.33. The second-order valence-corrected chi connectivity index (χ2v) is 7.01. The van der Waals surface area contributed by atoms with Crippen LogP contribution in [0, 0.1) is 5.92 Å². The number of carbonyl (C=O) groups excluding carboxylic acids is 1. The van der Waals surface area contributed by atoms with Gasteiger partial charge in [-0.2, -0.15) is 0 Å². The highest BCUT2D eigenvalue weighted by molar-refractivity contribution is 5.85. The Kier molecular flexibility index (Phi) is 8.83. The van der Waals surface area contributed by atoms with Crippen LogP contribution in [0.1, 0.15) is 52.4 Å². The van der Waals surface area contributed by atoms with Gasteiger partial charge < -0.3 is 15.8 Å². The molecule has 0 aromatic carbocycles. The van der Waals surface area contributed by atoms with Gasteiger partial charge in [-0.15, -0.1) is 12.4 Å². The summed E-state index contributed by atoms with van der Waals surface area (Å²) in [6, 6.07) is -0.393. The van der Waals surface area contributed by atoms with Gasteiger partial charge >= 0.3 is 0 Å². The summed E-state index contributed by atoms with van der Waals surface area (Å²) >= 11 is 0. The maximum absolute atomic E-state index is 12.3. The summed E-state index contributed by atoms with van der Waals surface area (Å²) in [7, 11) is 0. The van der Waals surface area contributed by atoms with Crippen LogP contribution in [0.15, 0.2) is 0 Å². The molecule has 1 amide bonds. The fraction of sp³-hybridized carbons (Fsp3) is 0.941. The third kappa shape index (κ3) is 5.31. The third-order valence-electron chi connectivity index (χ3n) is 5.62. The average Bonchev–Trinajstić information content (AvgIpc) is 2.59. The summed E-state index contributed by atoms with van der Waals surface area (Å²) in [4.78, 5) is 14.9. The third-order valence-corrected chi connectivity index (χ3v) is 5.62. The summed E-state index contributed by atoms with van der Waals surface area (Å²) in [6.07, 6.45) is 7.10. The number of amides is 1. The Morgan fingerprint density at radius 1 is 1.26 bits per heavy atom. The molecule has 1 aliphatic heterocycles. The van der Waals surface area contributed by atoms with Crippen LogP contribution in [0.2, 0.25) is 0 Å². The van der Waals surface area contributed by atoms with Crippen molar-refractivity contribution in [3.05, 3.63) is 0 Å². The molecule has 0 aromatic heterocycles. The first kappa shape index (κ1) is 20.7. The van der Waals surface area contributed by atoms with E-state index in [9.17, 15) is 4.79 Å². The summed E-state index contributed by atoms with van der Waals surface area (Å²) in [5, 5.41) is 3.16. The quantitative estimate of drug-likeness (QED) is 0.770. The van der Waals surface area contributed by atoms with E-state index in [2.05, 4.69) is 17.1 Å². The lowest BCUT2D eigenvalue weighted by atomic mass is 9.79. The summed E-state index contributed by atoms with van der Waals surface area (Å²) in [5.74, 6) is 0.234. The standard InChI is InChI=1S/C17H33N3O2.ClH/c1-3-14(2)15(18)16(21)19-13-17(7-5-4-6-8-17)20-9-11-22-12-10-20;/h14-15H,3-13,18H2,1-2H3,(H,19,21);1H. The minimum absolute atomic E-state index is 0. The highest BCUT2D eigenvalue weighted by Gasteiger charge is 2.39. The molecule has 1 saturated carbocycles. The van der Waals surface area contributed by atoms with E-state index in [1.165, 1.54) is 32.1 Å². The van der Waals surface area contributed by atoms with Crippen LogP contribution in [-0.2, 0) is 9.53 Å². The number of rotatable bonds is 6. The molecule has 2 rings (SSSR count). The molecule has 2 atom stereocenters. The van der Waals surface area contributed by atoms with Crippen LogP contribution in [0.4, 0.5) is 0 Å². The van der Waals surface area contributed by atoms with E-state index in [1.807, 2.05) is 6.92 Å². The van der Waals surface area contributed by atoms with E-state index in [4.69, 9.17) is 10.5 Å². The smallest absolute Gasteiger partial charge is 0.237 e. The summed E-state index contributed by atoms with van der Waals surface area (Å²) in [6.45, 7) is 8.43. The van der Waals surface area contributed by atoms with Gasteiger partial charge in [-0.25, -0.2) is 0 Å². The lowest BCUT2D eigenvalue weighted by Gasteiger charge is -2.48. The Morgan fingerprint density at radius 2 is 1.87 bits per heavy atom. The van der Waals surface area contributed by atoms with Gasteiger partial charge in [0.25, 0.3) is 0 Å². The number of hydrogen-bond donors (Lipinski definition) is 2. The molecular formula is C17H34ClN3O2. The topological polar surface area (TPSA) is 67.6 Å². The molecule has 0 bridgehead atoms. The molecule has 136 valence electrons. The zero-order chi connectivity index (χ0) is 16.0. The van der Waals surface area contributed by atoms with Crippen molar-refractivity contribution in [2.45, 2.75) is 64.0 Å². The normalized spacial score (nSPS) is 24.3. The van der Waals surface area contributed by atoms with Crippen molar-refractivity contribution in [1.29, 1.82) is 0 Å². The summed E-state index contributed by atoms with van der Waals surface area (Å²) < 4.78 is 5.50. The minimum atomic E-state index is -0.393. The van der Waals surface area contributed by atoms with Crippen molar-refractivity contribution in [2.75, 3.05) is 32.8 Å². The van der Waals surface area contributed by atoms with E-state index in [1.54, 1.807) is 0 Å². The number of halogens is 1. The highest BCUT2D eigenvalue weighted by atomic mass is 35.5. The van der Waals surface area contributed by atoms with E-state index in [-0.39, 0.29) is 29.8 Å². The van der Waals surface area contributed by atoms with Gasteiger partial charge in [-0.3, -0.25) is 9.69 Å². The lowest BCUT2D eigenvalue weighted by molar-refractivity contribution is -0.124. The van der Waals surface area contributed by atoms with E-state index in [0.717, 1.165) is 39.3 Å². The van der Waals surface area contributed by atoms with Gasteiger partial charge in [0.15, 0.2) is 0 Å². The number of ether oxygens (including phenoxy) is 1. The van der Waals surface area contributed by atoms with Gasteiger partial charge in [0.2, 0.25) is 5.91 Å². The van der Waals surface area contributed by atoms with Crippen LogP contribution >= 0.6 is 12.4 Å². The van der Waals surface area contributed by atoms with Gasteiger partial charge in [0.05, 0.1) is 19.3 Å². The zero-order valence-corrected chi connectivity index (χ0v) is 15.5. The van der Waals surface area contributed by atoms with Crippen LogP contribution in [0.5, 0.6) is 0 Å². The molecule has 0 aromatic rings. The molecule has 5 nitrogen and oxygen atoms in total. The Bertz CT molecular complexity index is 356. The first-order chi connectivity index (χ1) is 10.6. The fourth-order valence-electron chi connectivity index (χ4n) is 3.73. The Labute approximate surface area is 147 Å². The van der Waals surface area contributed by atoms with Crippen molar-refractivity contribution in [3.8, 4) is 0 Å². The van der Waals surface area contributed by atoms with Crippen LogP contribution in [-0.4, -0.2) is 55.2 Å². The first-order valence-electron chi connectivity index (χ1n) is 8.95. The van der Waals surface area contributed by atoms with Crippen molar-refractivity contribution in [2.24, 2.45) is 11.7 Å². The number of nitrogens with two attached hydrogens (primary N) is 1. The number of nitrogens with one attached hydrogen (secondary N) is 1. The molecule has 2 unspecified atom stereocenters. The molecule has 1 heterocycles. The second-order valence-electron chi connectivity index (χ2n) is 7.01. The molecule has 0 spiro atoms. The summed E-state index contributed by atoms with van der Waals surface area (Å²) in [5.41, 5.74) is 6.18. The van der Waals surface area contributed by atoms with Crippen molar-refractivity contribution in [3.63, 3.8) is 0 Å². The first-order valence-corrected chi connectivity index (χ1v) is 8.95. The van der Waals surface area contributed by atoms with Gasteiger partial charge in [-0.1, -0.05) is 39.5 Å². The van der Waals surface area contributed by atoms with Crippen LogP contribution in [0.25, 0.3) is 0 Å². The largest absolute Gasteiger partial charge is 0.379 e. The molecule has 1 aliphatic carbocycles. The van der Waals surface area contributed by atoms with E-state index < -0.39 is 6.04 Å². The molecule has 3 N–H and O–H groups in total. The number of nitrogens with zero attached hydrogens (tertiary/aromatic N) is 1. The predicted molar refractivity (Wildman–Crippen MR) is 95.9 cm³/mol. The monoisotopic (exact) mass is 347 g/mol. The predicted octanol–water partition coefficient (Wildman–Crippen LogP) is 1.93. The molecule has 1 saturated heterocycles. The van der Waals surface area contributed by atoms with E-state index >= 15 is 0 Å². The van der Waals surface area contributed by atoms with Gasteiger partial charge in [-0.05, 0) is 18.8 Å². The molecular weight excluding hydrogens is 314 g/mol. The van der Waals surface area contributed by atoms with Crippen molar-refractivity contribution >= 4 is 18.3 Å². The number of morpholine rings is 1. The molecule has 6 heteroatoms. The fourth-order valence-corrected chi connectivity index (χ4v) is 3.73. The maximum atomic E-state index is 12.3. The minimum Gasteiger partial charge on any atom is -0.379 e. The molecule has 2 aliphatic rings. The number of carbonyl (C=O) groups is 1. The van der Waals surface area contributed by atoms with Crippen molar-refractivity contribution < 1.29 is 9.53 Å². The van der Waals surface area contributed by atoms with Gasteiger partial charge in [0.1, 0.15) is 0 Å². The maximum Gasteiger partial charge on any atom is 0.237 e. The second kappa shape index (κ2) is 9.82. The Morgan fingerprint density at radius 3 is 2.43 bits per heavy atom. The van der Waals surface area contributed by atoms with Crippen molar-refractivity contribution in [1.82, 2.24) is 10.2 Å². The lowest BCUT2D eigenvalue weighted by Crippen LogP contribution is -2.61. The zero-order valence-electron chi connectivity index (χ0n) is 14.7. The Hall–Kier alpha value is -0.360. The molecule has 0 radical (unpaired) electrons. The molecule has 23 heavy (non-hydrogen) atoms. The van der Waals surface area contributed by atoms with Crippen LogP contribution < -0.4 is 11.1 Å².